The van der Waals surface area contributed by atoms with Gasteiger partial charge in [-0.05, 0) is 20.8 Å². The summed E-state index contributed by atoms with van der Waals surface area (Å²) in [7, 11) is 0. The van der Waals surface area contributed by atoms with E-state index in [1.54, 1.807) is 4.90 Å². The van der Waals surface area contributed by atoms with Gasteiger partial charge in [-0.15, -0.1) is 0 Å². The van der Waals surface area contributed by atoms with Crippen molar-refractivity contribution >= 4 is 6.09 Å². The number of aliphatic hydroxyl groups is 1. The predicted molar refractivity (Wildman–Crippen MR) is 70.0 cm³/mol. The summed E-state index contributed by atoms with van der Waals surface area (Å²) in [5, 5.41) is 9.80. The molecule has 1 amide bonds. The smallest absolute Gasteiger partial charge is 0.410 e. The van der Waals surface area contributed by atoms with Gasteiger partial charge in [0.2, 0.25) is 0 Å². The van der Waals surface area contributed by atoms with Crippen LogP contribution >= 0.6 is 0 Å². The lowest BCUT2D eigenvalue weighted by atomic mass is 10.1. The largest absolute Gasteiger partial charge is 0.444 e. The van der Waals surface area contributed by atoms with Gasteiger partial charge in [0, 0.05) is 26.2 Å². The molecule has 6 nitrogen and oxygen atoms in total. The highest BCUT2D eigenvalue weighted by atomic mass is 16.6. The molecular formula is C13H24N2O4. The van der Waals surface area contributed by atoms with E-state index in [1.807, 2.05) is 20.8 Å². The highest BCUT2D eigenvalue weighted by Gasteiger charge is 2.34. The lowest BCUT2D eigenvalue weighted by Gasteiger charge is -2.38. The van der Waals surface area contributed by atoms with E-state index in [2.05, 4.69) is 4.90 Å². The first-order chi connectivity index (χ1) is 8.87. The van der Waals surface area contributed by atoms with Gasteiger partial charge in [0.1, 0.15) is 5.60 Å². The molecule has 19 heavy (non-hydrogen) atoms. The van der Waals surface area contributed by atoms with Crippen LogP contribution in [0.5, 0.6) is 0 Å². The summed E-state index contributed by atoms with van der Waals surface area (Å²) in [5.74, 6) is 0. The van der Waals surface area contributed by atoms with Crippen LogP contribution in [0.25, 0.3) is 0 Å². The van der Waals surface area contributed by atoms with E-state index in [9.17, 15) is 9.90 Å². The summed E-state index contributed by atoms with van der Waals surface area (Å²) in [4.78, 5) is 15.8. The summed E-state index contributed by atoms with van der Waals surface area (Å²) < 4.78 is 10.6. The second-order valence-corrected chi connectivity index (χ2v) is 6.18. The molecule has 0 spiro atoms. The molecule has 6 heteroatoms. The van der Waals surface area contributed by atoms with Crippen molar-refractivity contribution in [3.8, 4) is 0 Å². The summed E-state index contributed by atoms with van der Waals surface area (Å²) >= 11 is 0. The van der Waals surface area contributed by atoms with Crippen molar-refractivity contribution in [1.82, 2.24) is 9.80 Å². The highest BCUT2D eigenvalue weighted by molar-refractivity contribution is 5.68. The lowest BCUT2D eigenvalue weighted by molar-refractivity contribution is 0.00310. The fourth-order valence-corrected chi connectivity index (χ4v) is 2.44. The lowest BCUT2D eigenvalue weighted by Crippen LogP contribution is -2.55. The number of nitrogens with zero attached hydrogens (tertiary/aromatic N) is 2. The average Bonchev–Trinajstić information content (AvgIpc) is 2.73. The summed E-state index contributed by atoms with van der Waals surface area (Å²) in [5.41, 5.74) is -0.455. The first kappa shape index (κ1) is 14.6. The Hall–Kier alpha value is -0.850. The number of amides is 1. The monoisotopic (exact) mass is 272 g/mol. The molecule has 110 valence electrons. The minimum Gasteiger partial charge on any atom is -0.444 e. The zero-order valence-electron chi connectivity index (χ0n) is 12.0. The number of carbonyl (C=O) groups is 1. The number of carbonyl (C=O) groups excluding carboxylic acids is 1. The number of hydrogen-bond donors (Lipinski definition) is 1. The van der Waals surface area contributed by atoms with E-state index >= 15 is 0 Å². The predicted octanol–water partition coefficient (Wildman–Crippen LogP) is 0.299. The Morgan fingerprint density at radius 1 is 1.21 bits per heavy atom. The molecule has 0 aliphatic carbocycles. The molecule has 0 aromatic carbocycles. The first-order valence-electron chi connectivity index (χ1n) is 6.84. The van der Waals surface area contributed by atoms with Crippen molar-refractivity contribution in [2.24, 2.45) is 0 Å². The average molecular weight is 272 g/mol. The van der Waals surface area contributed by atoms with Crippen LogP contribution in [0.2, 0.25) is 0 Å². The van der Waals surface area contributed by atoms with Crippen molar-refractivity contribution in [2.45, 2.75) is 38.5 Å². The topological polar surface area (TPSA) is 62.2 Å². The van der Waals surface area contributed by atoms with E-state index in [0.29, 0.717) is 26.3 Å². The van der Waals surface area contributed by atoms with Crippen LogP contribution in [0, 0.1) is 0 Å². The third-order valence-corrected chi connectivity index (χ3v) is 3.46. The standard InChI is InChI=1S/C13H24N2O4/c1-13(2,3)19-12(17)15-6-4-14(5-7-15)10-8-18-9-11(10)16/h10-11,16H,4-9H2,1-3H3/t10-,11-/m1/s1. The minimum atomic E-state index is -0.455. The van der Waals surface area contributed by atoms with E-state index in [1.165, 1.54) is 0 Å². The normalized spacial score (nSPS) is 29.6. The molecule has 0 bridgehead atoms. The highest BCUT2D eigenvalue weighted by Crippen LogP contribution is 2.17. The molecule has 0 saturated carbocycles. The van der Waals surface area contributed by atoms with Crippen molar-refractivity contribution in [3.05, 3.63) is 0 Å². The number of aliphatic hydroxyl groups excluding tert-OH is 1. The number of hydrogen-bond acceptors (Lipinski definition) is 5. The Kier molecular flexibility index (Phi) is 4.32. The molecule has 0 radical (unpaired) electrons. The molecule has 2 atom stereocenters. The van der Waals surface area contributed by atoms with Gasteiger partial charge in [-0.1, -0.05) is 0 Å². The zero-order valence-corrected chi connectivity index (χ0v) is 12.0. The van der Waals surface area contributed by atoms with Crippen LogP contribution in [-0.2, 0) is 9.47 Å². The number of ether oxygens (including phenoxy) is 2. The second-order valence-electron chi connectivity index (χ2n) is 6.18. The molecule has 2 rings (SSSR count). The van der Waals surface area contributed by atoms with E-state index in [-0.39, 0.29) is 12.1 Å². The summed E-state index contributed by atoms with van der Waals surface area (Å²) in [6, 6.07) is 0.0702. The van der Waals surface area contributed by atoms with Crippen molar-refractivity contribution in [1.29, 1.82) is 0 Å². The molecule has 2 saturated heterocycles. The maximum absolute atomic E-state index is 11.9. The minimum absolute atomic E-state index is 0.0702. The Labute approximate surface area is 114 Å². The molecule has 2 aliphatic heterocycles. The van der Waals surface area contributed by atoms with Crippen LogP contribution < -0.4 is 0 Å². The molecule has 1 N–H and O–H groups in total. The van der Waals surface area contributed by atoms with Crippen molar-refractivity contribution < 1.29 is 19.4 Å². The van der Waals surface area contributed by atoms with E-state index in [4.69, 9.17) is 9.47 Å². The van der Waals surface area contributed by atoms with Gasteiger partial charge < -0.3 is 19.5 Å². The van der Waals surface area contributed by atoms with E-state index in [0.717, 1.165) is 13.1 Å². The zero-order chi connectivity index (χ0) is 14.0. The summed E-state index contributed by atoms with van der Waals surface area (Å²) in [6.07, 6.45) is -0.663. The van der Waals surface area contributed by atoms with Crippen LogP contribution in [-0.4, -0.2) is 78.1 Å². The molecule has 0 aromatic rings. The number of piperazine rings is 1. The Morgan fingerprint density at radius 3 is 2.32 bits per heavy atom. The van der Waals surface area contributed by atoms with Gasteiger partial charge in [0.05, 0.1) is 25.4 Å². The van der Waals surface area contributed by atoms with Gasteiger partial charge >= 0.3 is 6.09 Å². The maximum atomic E-state index is 11.9. The Bertz CT molecular complexity index is 321. The molecule has 2 fully saturated rings. The van der Waals surface area contributed by atoms with Crippen LogP contribution in [0.3, 0.4) is 0 Å². The van der Waals surface area contributed by atoms with Crippen LogP contribution in [0.15, 0.2) is 0 Å². The van der Waals surface area contributed by atoms with Crippen LogP contribution in [0.1, 0.15) is 20.8 Å². The molecule has 2 heterocycles. The Balaban J connectivity index is 1.80. The third kappa shape index (κ3) is 3.81. The molecule has 0 unspecified atom stereocenters. The number of rotatable bonds is 1. The second kappa shape index (κ2) is 5.64. The fraction of sp³-hybridized carbons (Fsp3) is 0.923. The quantitative estimate of drug-likeness (QED) is 0.744. The van der Waals surface area contributed by atoms with Crippen LogP contribution in [0.4, 0.5) is 4.79 Å². The molecular weight excluding hydrogens is 248 g/mol. The van der Waals surface area contributed by atoms with Gasteiger partial charge in [-0.3, -0.25) is 4.90 Å². The summed E-state index contributed by atoms with van der Waals surface area (Å²) in [6.45, 7) is 9.38. The SMILES string of the molecule is CC(C)(C)OC(=O)N1CCN([C@@H]2COC[C@H]2O)CC1. The third-order valence-electron chi connectivity index (χ3n) is 3.46. The fourth-order valence-electron chi connectivity index (χ4n) is 2.44. The molecule has 2 aliphatic rings. The molecule has 0 aromatic heterocycles. The van der Waals surface area contributed by atoms with Gasteiger partial charge in [-0.25, -0.2) is 4.79 Å². The first-order valence-corrected chi connectivity index (χ1v) is 6.84. The Morgan fingerprint density at radius 2 is 1.84 bits per heavy atom. The maximum Gasteiger partial charge on any atom is 0.410 e. The van der Waals surface area contributed by atoms with Crippen molar-refractivity contribution in [2.75, 3.05) is 39.4 Å². The van der Waals surface area contributed by atoms with E-state index < -0.39 is 11.7 Å². The van der Waals surface area contributed by atoms with Gasteiger partial charge in [0.15, 0.2) is 0 Å². The van der Waals surface area contributed by atoms with Gasteiger partial charge in [-0.2, -0.15) is 0 Å². The van der Waals surface area contributed by atoms with Gasteiger partial charge in [0.25, 0.3) is 0 Å². The van der Waals surface area contributed by atoms with Crippen molar-refractivity contribution in [3.63, 3.8) is 0 Å².